The first-order valence-electron chi connectivity index (χ1n) is 9.54. The number of para-hydroxylation sites is 1. The Morgan fingerprint density at radius 2 is 1.77 bits per heavy atom. The second kappa shape index (κ2) is 8.19. The van der Waals surface area contributed by atoms with Crippen molar-refractivity contribution in [2.24, 2.45) is 0 Å². The summed E-state index contributed by atoms with van der Waals surface area (Å²) in [6, 6.07) is 20.0. The highest BCUT2D eigenvalue weighted by Crippen LogP contribution is 2.18. The Hall–Kier alpha value is -4.33. The average Bonchev–Trinajstić information content (AvgIpc) is 2.75. The van der Waals surface area contributed by atoms with Crippen LogP contribution in [0, 0.1) is 17.0 Å². The fraction of sp³-hybridized carbons (Fsp3) is 0.0870. The molecule has 0 saturated heterocycles. The molecule has 154 valence electrons. The lowest BCUT2D eigenvalue weighted by Gasteiger charge is -2.12. The Morgan fingerprint density at radius 3 is 2.45 bits per heavy atom. The molecule has 0 fully saturated rings. The molecule has 0 aliphatic carbocycles. The van der Waals surface area contributed by atoms with Crippen LogP contribution in [-0.2, 0) is 11.2 Å². The van der Waals surface area contributed by atoms with Crippen LogP contribution in [0.1, 0.15) is 11.4 Å². The van der Waals surface area contributed by atoms with Gasteiger partial charge in [0.15, 0.2) is 0 Å². The van der Waals surface area contributed by atoms with Gasteiger partial charge >= 0.3 is 0 Å². The molecule has 1 amide bonds. The quantitative estimate of drug-likeness (QED) is 0.395. The monoisotopic (exact) mass is 414 g/mol. The number of amides is 1. The maximum absolute atomic E-state index is 13.1. The third kappa shape index (κ3) is 4.18. The van der Waals surface area contributed by atoms with Gasteiger partial charge in [0.1, 0.15) is 5.82 Å². The average molecular weight is 414 g/mol. The number of nitrogens with one attached hydrogen (secondary N) is 1. The standard InChI is InChI=1S/C23H18N4O4/c1-15-24-21-12-9-17(14-20(21)23(29)26(15)18-5-3-2-4-6-18)25-22(28)13-16-7-10-19(11-8-16)27(30)31/h2-12,14H,13H2,1H3,(H,25,28). The van der Waals surface area contributed by atoms with Gasteiger partial charge in [0, 0.05) is 17.8 Å². The summed E-state index contributed by atoms with van der Waals surface area (Å²) in [4.78, 5) is 40.3. The van der Waals surface area contributed by atoms with Gasteiger partial charge in [-0.2, -0.15) is 0 Å². The summed E-state index contributed by atoms with van der Waals surface area (Å²) in [5, 5.41) is 13.9. The number of nitro groups is 1. The molecule has 4 aromatic rings. The van der Waals surface area contributed by atoms with Crippen molar-refractivity contribution in [2.75, 3.05) is 5.32 Å². The van der Waals surface area contributed by atoms with Crippen LogP contribution in [0.5, 0.6) is 0 Å². The van der Waals surface area contributed by atoms with Gasteiger partial charge in [-0.3, -0.25) is 24.3 Å². The first kappa shape index (κ1) is 20.0. The van der Waals surface area contributed by atoms with E-state index < -0.39 is 4.92 Å². The first-order valence-corrected chi connectivity index (χ1v) is 9.54. The van der Waals surface area contributed by atoms with Crippen molar-refractivity contribution in [2.45, 2.75) is 13.3 Å². The van der Waals surface area contributed by atoms with Gasteiger partial charge in [-0.1, -0.05) is 30.3 Å². The van der Waals surface area contributed by atoms with Gasteiger partial charge < -0.3 is 5.32 Å². The van der Waals surface area contributed by atoms with Crippen molar-refractivity contribution in [1.82, 2.24) is 9.55 Å². The Kier molecular flexibility index (Phi) is 5.28. The van der Waals surface area contributed by atoms with Crippen LogP contribution in [0.4, 0.5) is 11.4 Å². The summed E-state index contributed by atoms with van der Waals surface area (Å²) in [6.45, 7) is 1.77. The van der Waals surface area contributed by atoms with E-state index >= 15 is 0 Å². The lowest BCUT2D eigenvalue weighted by molar-refractivity contribution is -0.384. The first-order chi connectivity index (χ1) is 14.9. The van der Waals surface area contributed by atoms with E-state index in [1.54, 1.807) is 37.3 Å². The summed E-state index contributed by atoms with van der Waals surface area (Å²) in [6.07, 6.45) is 0.0520. The fourth-order valence-electron chi connectivity index (χ4n) is 3.38. The lowest BCUT2D eigenvalue weighted by Crippen LogP contribution is -2.22. The molecule has 4 rings (SSSR count). The highest BCUT2D eigenvalue weighted by molar-refractivity contribution is 5.94. The Labute approximate surface area is 176 Å². The van der Waals surface area contributed by atoms with E-state index in [2.05, 4.69) is 10.3 Å². The Morgan fingerprint density at radius 1 is 1.06 bits per heavy atom. The van der Waals surface area contributed by atoms with Crippen molar-refractivity contribution < 1.29 is 9.72 Å². The minimum atomic E-state index is -0.489. The molecule has 0 unspecified atom stereocenters. The van der Waals surface area contributed by atoms with Crippen LogP contribution in [0.2, 0.25) is 0 Å². The van der Waals surface area contributed by atoms with Crippen LogP contribution in [-0.4, -0.2) is 20.4 Å². The fourth-order valence-corrected chi connectivity index (χ4v) is 3.38. The third-order valence-electron chi connectivity index (χ3n) is 4.85. The third-order valence-corrected chi connectivity index (χ3v) is 4.85. The zero-order valence-corrected chi connectivity index (χ0v) is 16.6. The molecular weight excluding hydrogens is 396 g/mol. The van der Waals surface area contributed by atoms with E-state index in [1.807, 2.05) is 30.3 Å². The molecule has 1 aromatic heterocycles. The van der Waals surface area contributed by atoms with E-state index in [1.165, 1.54) is 16.7 Å². The number of anilines is 1. The summed E-state index contributed by atoms with van der Waals surface area (Å²) in [7, 11) is 0. The smallest absolute Gasteiger partial charge is 0.269 e. The van der Waals surface area contributed by atoms with E-state index in [9.17, 15) is 19.7 Å². The topological polar surface area (TPSA) is 107 Å². The highest BCUT2D eigenvalue weighted by Gasteiger charge is 2.12. The minimum absolute atomic E-state index is 0.0313. The van der Waals surface area contributed by atoms with E-state index in [-0.39, 0.29) is 23.6 Å². The zero-order valence-electron chi connectivity index (χ0n) is 16.6. The van der Waals surface area contributed by atoms with Crippen LogP contribution in [0.3, 0.4) is 0 Å². The maximum atomic E-state index is 13.1. The van der Waals surface area contributed by atoms with Crippen molar-refractivity contribution in [3.05, 3.63) is 105 Å². The number of benzene rings is 3. The number of rotatable bonds is 5. The van der Waals surface area contributed by atoms with Crippen LogP contribution in [0.25, 0.3) is 16.6 Å². The molecule has 1 heterocycles. The summed E-state index contributed by atoms with van der Waals surface area (Å²) in [5.74, 6) is 0.273. The number of fused-ring (bicyclic) bond motifs is 1. The summed E-state index contributed by atoms with van der Waals surface area (Å²) in [5.41, 5.74) is 2.13. The van der Waals surface area contributed by atoms with Crippen LogP contribution < -0.4 is 10.9 Å². The van der Waals surface area contributed by atoms with Gasteiger partial charge in [-0.25, -0.2) is 4.98 Å². The van der Waals surface area contributed by atoms with Gasteiger partial charge in [0.05, 0.1) is 27.9 Å². The number of carbonyl (C=O) groups is 1. The maximum Gasteiger partial charge on any atom is 0.269 e. The van der Waals surface area contributed by atoms with Gasteiger partial charge in [0.25, 0.3) is 11.2 Å². The van der Waals surface area contributed by atoms with Crippen molar-refractivity contribution in [3.8, 4) is 5.69 Å². The number of hydrogen-bond donors (Lipinski definition) is 1. The van der Waals surface area contributed by atoms with Gasteiger partial charge in [-0.15, -0.1) is 0 Å². The number of aromatic nitrogens is 2. The molecule has 31 heavy (non-hydrogen) atoms. The molecular formula is C23H18N4O4. The molecule has 8 heteroatoms. The van der Waals surface area contributed by atoms with E-state index in [0.717, 1.165) is 0 Å². The molecule has 0 spiro atoms. The predicted octanol–water partition coefficient (Wildman–Crippen LogP) is 3.78. The predicted molar refractivity (Wildman–Crippen MR) is 118 cm³/mol. The molecule has 0 radical (unpaired) electrons. The van der Waals surface area contributed by atoms with Crippen molar-refractivity contribution >= 4 is 28.2 Å². The normalized spacial score (nSPS) is 10.7. The van der Waals surface area contributed by atoms with Crippen molar-refractivity contribution in [1.29, 1.82) is 0 Å². The second-order valence-corrected chi connectivity index (χ2v) is 7.02. The number of nitrogens with zero attached hydrogens (tertiary/aromatic N) is 3. The van der Waals surface area contributed by atoms with Crippen LogP contribution in [0.15, 0.2) is 77.6 Å². The van der Waals surface area contributed by atoms with Gasteiger partial charge in [-0.05, 0) is 42.8 Å². The molecule has 0 aliphatic rings. The zero-order chi connectivity index (χ0) is 22.0. The molecule has 0 saturated carbocycles. The highest BCUT2D eigenvalue weighted by atomic mass is 16.6. The molecule has 0 aliphatic heterocycles. The van der Waals surface area contributed by atoms with E-state index in [0.29, 0.717) is 33.7 Å². The van der Waals surface area contributed by atoms with Crippen LogP contribution >= 0.6 is 0 Å². The number of hydrogen-bond acceptors (Lipinski definition) is 5. The molecule has 0 bridgehead atoms. The summed E-state index contributed by atoms with van der Waals surface area (Å²) < 4.78 is 1.53. The number of non-ortho nitro benzene ring substituents is 1. The van der Waals surface area contributed by atoms with Gasteiger partial charge in [0.2, 0.25) is 5.91 Å². The minimum Gasteiger partial charge on any atom is -0.326 e. The molecule has 1 N–H and O–H groups in total. The number of aryl methyl sites for hydroxylation is 1. The Balaban J connectivity index is 1.60. The SMILES string of the molecule is Cc1nc2ccc(NC(=O)Cc3ccc([N+](=O)[O-])cc3)cc2c(=O)n1-c1ccccc1. The molecule has 0 atom stereocenters. The lowest BCUT2D eigenvalue weighted by atomic mass is 10.1. The Bertz CT molecular complexity index is 1350. The molecule has 8 nitrogen and oxygen atoms in total. The van der Waals surface area contributed by atoms with Crippen molar-refractivity contribution in [3.63, 3.8) is 0 Å². The van der Waals surface area contributed by atoms with E-state index in [4.69, 9.17) is 0 Å². The number of carbonyl (C=O) groups excluding carboxylic acids is 1. The second-order valence-electron chi connectivity index (χ2n) is 7.02. The molecule has 3 aromatic carbocycles. The number of nitro benzene ring substituents is 1. The largest absolute Gasteiger partial charge is 0.326 e. The summed E-state index contributed by atoms with van der Waals surface area (Å²) >= 11 is 0.